The molecular weight excluding hydrogens is 375 g/mol. The van der Waals surface area contributed by atoms with E-state index in [1.54, 1.807) is 55.7 Å². The first-order valence-corrected chi connectivity index (χ1v) is 8.26. The van der Waals surface area contributed by atoms with E-state index in [9.17, 15) is 0 Å². The number of nitrogens with one attached hydrogen (secondary N) is 3. The predicted octanol–water partition coefficient (Wildman–Crippen LogP) is 4.74. The van der Waals surface area contributed by atoms with Crippen LogP contribution in [0.25, 0.3) is 0 Å². The van der Waals surface area contributed by atoms with Gasteiger partial charge in [-0.05, 0) is 37.3 Å². The van der Waals surface area contributed by atoms with Gasteiger partial charge in [0.2, 0.25) is 11.8 Å². The molecule has 7 nitrogen and oxygen atoms in total. The van der Waals surface area contributed by atoms with Crippen LogP contribution in [0.15, 0.2) is 48.8 Å². The molecule has 0 spiro atoms. The smallest absolute Gasteiger partial charge is 0.233 e. The Morgan fingerprint density at radius 1 is 1.08 bits per heavy atom. The summed E-state index contributed by atoms with van der Waals surface area (Å²) < 4.78 is 5.65. The van der Waals surface area contributed by atoms with Crippen molar-refractivity contribution < 1.29 is 4.74 Å². The molecule has 2 heterocycles. The number of rotatable bonds is 4. The fourth-order valence-corrected chi connectivity index (χ4v) is 2.34. The van der Waals surface area contributed by atoms with Gasteiger partial charge in [0.25, 0.3) is 0 Å². The summed E-state index contributed by atoms with van der Waals surface area (Å²) in [5.74, 6) is 1.10. The molecule has 1 aromatic carbocycles. The van der Waals surface area contributed by atoms with Crippen LogP contribution >= 0.6 is 23.2 Å². The summed E-state index contributed by atoms with van der Waals surface area (Å²) in [4.78, 5) is 12.5. The number of aromatic nitrogens is 3. The van der Waals surface area contributed by atoms with E-state index in [0.29, 0.717) is 33.1 Å². The van der Waals surface area contributed by atoms with Crippen LogP contribution in [-0.2, 0) is 0 Å². The summed E-state index contributed by atoms with van der Waals surface area (Å²) in [7, 11) is 0. The van der Waals surface area contributed by atoms with Crippen molar-refractivity contribution in [2.75, 3.05) is 10.6 Å². The number of hydrogen-bond acceptors (Lipinski definition) is 5. The van der Waals surface area contributed by atoms with Crippen LogP contribution in [0.1, 0.15) is 5.69 Å². The molecule has 0 bridgehead atoms. The largest absolute Gasteiger partial charge is 0.437 e. The molecule has 26 heavy (non-hydrogen) atoms. The first-order chi connectivity index (χ1) is 12.5. The van der Waals surface area contributed by atoms with Gasteiger partial charge in [0.1, 0.15) is 5.75 Å². The van der Waals surface area contributed by atoms with Crippen molar-refractivity contribution in [3.8, 4) is 11.6 Å². The maximum Gasteiger partial charge on any atom is 0.233 e. The van der Waals surface area contributed by atoms with Gasteiger partial charge in [0, 0.05) is 23.6 Å². The minimum absolute atomic E-state index is 0.0266. The monoisotopic (exact) mass is 388 g/mol. The van der Waals surface area contributed by atoms with E-state index in [-0.39, 0.29) is 11.9 Å². The highest BCUT2D eigenvalue weighted by Gasteiger charge is 2.08. The topological polar surface area (TPSA) is 95.8 Å². The Bertz CT molecular complexity index is 936. The van der Waals surface area contributed by atoms with E-state index in [4.69, 9.17) is 33.3 Å². The first kappa shape index (κ1) is 17.9. The van der Waals surface area contributed by atoms with Gasteiger partial charge in [-0.3, -0.25) is 15.7 Å². The fourth-order valence-electron chi connectivity index (χ4n) is 2.04. The molecule has 0 aliphatic carbocycles. The Kier molecular flexibility index (Phi) is 5.50. The van der Waals surface area contributed by atoms with E-state index in [1.807, 2.05) is 0 Å². The van der Waals surface area contributed by atoms with E-state index in [0.717, 1.165) is 0 Å². The van der Waals surface area contributed by atoms with Crippen molar-refractivity contribution in [2.45, 2.75) is 6.92 Å². The van der Waals surface area contributed by atoms with Gasteiger partial charge in [0.05, 0.1) is 16.2 Å². The van der Waals surface area contributed by atoms with Crippen LogP contribution in [-0.4, -0.2) is 20.9 Å². The lowest BCUT2D eigenvalue weighted by Gasteiger charge is -2.11. The number of halogens is 2. The second-order valence-electron chi connectivity index (χ2n) is 5.22. The highest BCUT2D eigenvalue weighted by atomic mass is 35.5. The predicted molar refractivity (Wildman–Crippen MR) is 103 cm³/mol. The van der Waals surface area contributed by atoms with Crippen LogP contribution in [0.2, 0.25) is 10.0 Å². The second kappa shape index (κ2) is 7.99. The van der Waals surface area contributed by atoms with Gasteiger partial charge >= 0.3 is 0 Å². The van der Waals surface area contributed by atoms with Gasteiger partial charge < -0.3 is 10.1 Å². The molecule has 0 aliphatic heterocycles. The number of hydrogen-bond donors (Lipinski definition) is 3. The lowest BCUT2D eigenvalue weighted by molar-refractivity contribution is 0.459. The van der Waals surface area contributed by atoms with Crippen LogP contribution in [0, 0.1) is 12.3 Å². The molecule has 0 atom stereocenters. The quantitative estimate of drug-likeness (QED) is 0.441. The summed E-state index contributed by atoms with van der Waals surface area (Å²) in [6.45, 7) is 1.80. The molecule has 3 N–H and O–H groups in total. The summed E-state index contributed by atoms with van der Waals surface area (Å²) in [5.41, 5.74) is 1.29. The van der Waals surface area contributed by atoms with Crippen LogP contribution in [0.4, 0.5) is 11.6 Å². The SMILES string of the molecule is Cc1cc(Oc2cccnc2)nc(NC(=N)Nc2ccc(Cl)c(Cl)c2)n1. The van der Waals surface area contributed by atoms with Crippen molar-refractivity contribution in [2.24, 2.45) is 0 Å². The molecule has 2 aromatic heterocycles. The van der Waals surface area contributed by atoms with E-state index in [2.05, 4.69) is 25.6 Å². The van der Waals surface area contributed by atoms with Gasteiger partial charge in [-0.2, -0.15) is 4.98 Å². The molecule has 0 radical (unpaired) electrons. The third kappa shape index (κ3) is 4.81. The zero-order valence-corrected chi connectivity index (χ0v) is 15.1. The van der Waals surface area contributed by atoms with Crippen molar-refractivity contribution in [3.05, 3.63) is 64.5 Å². The number of guanidine groups is 1. The lowest BCUT2D eigenvalue weighted by atomic mass is 10.3. The summed E-state index contributed by atoms with van der Waals surface area (Å²) in [5, 5.41) is 14.5. The highest BCUT2D eigenvalue weighted by molar-refractivity contribution is 6.42. The maximum atomic E-state index is 8.02. The molecular formula is C17H14Cl2N6O. The molecule has 0 unspecified atom stereocenters. The Hall–Kier alpha value is -2.90. The van der Waals surface area contributed by atoms with Crippen molar-refractivity contribution in [3.63, 3.8) is 0 Å². The summed E-state index contributed by atoms with van der Waals surface area (Å²) in [6.07, 6.45) is 3.24. The number of benzene rings is 1. The van der Waals surface area contributed by atoms with Crippen LogP contribution in [0.3, 0.4) is 0 Å². The summed E-state index contributed by atoms with van der Waals surface area (Å²) in [6, 6.07) is 10.2. The van der Waals surface area contributed by atoms with Crippen LogP contribution in [0.5, 0.6) is 11.6 Å². The first-order valence-electron chi connectivity index (χ1n) is 7.51. The maximum absolute atomic E-state index is 8.02. The van der Waals surface area contributed by atoms with Crippen molar-refractivity contribution >= 4 is 40.8 Å². The minimum atomic E-state index is -0.0266. The number of ether oxygens (including phenoxy) is 1. The zero-order chi connectivity index (χ0) is 18.5. The van der Waals surface area contributed by atoms with Gasteiger partial charge in [-0.25, -0.2) is 4.98 Å². The summed E-state index contributed by atoms with van der Waals surface area (Å²) >= 11 is 11.8. The van der Waals surface area contributed by atoms with E-state index in [1.165, 1.54) is 0 Å². The number of pyridine rings is 1. The Labute approximate surface area is 159 Å². The van der Waals surface area contributed by atoms with Crippen molar-refractivity contribution in [1.29, 1.82) is 5.41 Å². The average molecular weight is 389 g/mol. The molecule has 3 aromatic rings. The third-order valence-electron chi connectivity index (χ3n) is 3.11. The van der Waals surface area contributed by atoms with Crippen LogP contribution < -0.4 is 15.4 Å². The Balaban J connectivity index is 1.70. The average Bonchev–Trinajstić information content (AvgIpc) is 2.58. The van der Waals surface area contributed by atoms with Gasteiger partial charge in [-0.15, -0.1) is 0 Å². The molecule has 0 aliphatic rings. The van der Waals surface area contributed by atoms with Gasteiger partial charge in [0.15, 0.2) is 5.96 Å². The second-order valence-corrected chi connectivity index (χ2v) is 6.03. The minimum Gasteiger partial charge on any atom is -0.437 e. The van der Waals surface area contributed by atoms with E-state index < -0.39 is 0 Å². The Morgan fingerprint density at radius 2 is 1.92 bits per heavy atom. The molecule has 0 saturated heterocycles. The highest BCUT2D eigenvalue weighted by Crippen LogP contribution is 2.25. The standard InChI is InChI=1S/C17H14Cl2N6O/c1-10-7-15(26-12-3-2-6-21-9-12)24-17(22-10)25-16(20)23-11-4-5-13(18)14(19)8-11/h2-9H,1H3,(H3,20,22,23,24,25). The molecule has 0 amide bonds. The lowest BCUT2D eigenvalue weighted by Crippen LogP contribution is -2.22. The third-order valence-corrected chi connectivity index (χ3v) is 3.85. The van der Waals surface area contributed by atoms with Gasteiger partial charge in [-0.1, -0.05) is 23.2 Å². The molecule has 0 saturated carbocycles. The molecule has 9 heteroatoms. The molecule has 0 fully saturated rings. The fraction of sp³-hybridized carbons (Fsp3) is 0.0588. The number of nitrogens with zero attached hydrogens (tertiary/aromatic N) is 3. The zero-order valence-electron chi connectivity index (χ0n) is 13.6. The normalized spacial score (nSPS) is 10.3. The van der Waals surface area contributed by atoms with E-state index >= 15 is 0 Å². The molecule has 3 rings (SSSR count). The molecule has 132 valence electrons. The number of aryl methyl sites for hydroxylation is 1. The number of anilines is 2. The van der Waals surface area contributed by atoms with Crippen molar-refractivity contribution in [1.82, 2.24) is 15.0 Å². The Morgan fingerprint density at radius 3 is 2.65 bits per heavy atom.